The van der Waals surface area contributed by atoms with E-state index < -0.39 is 0 Å². The molecule has 0 atom stereocenters. The highest BCUT2D eigenvalue weighted by Crippen LogP contribution is 2.25. The number of amides is 2. The van der Waals surface area contributed by atoms with E-state index in [1.807, 2.05) is 29.6 Å². The maximum Gasteiger partial charge on any atom is 0.321 e. The number of thiazole rings is 1. The van der Waals surface area contributed by atoms with Crippen molar-refractivity contribution in [2.24, 2.45) is 0 Å². The van der Waals surface area contributed by atoms with Crippen LogP contribution in [0, 0.1) is 0 Å². The van der Waals surface area contributed by atoms with Gasteiger partial charge < -0.3 is 5.32 Å². The van der Waals surface area contributed by atoms with Crippen LogP contribution in [-0.2, 0) is 0 Å². The number of carbonyl (C=O) groups excluding carboxylic acids is 1. The molecule has 0 aliphatic carbocycles. The van der Waals surface area contributed by atoms with Crippen molar-refractivity contribution >= 4 is 23.1 Å². The fourth-order valence-electron chi connectivity index (χ4n) is 2.03. The second-order valence-corrected chi connectivity index (χ2v) is 5.02. The van der Waals surface area contributed by atoms with Gasteiger partial charge in [-0.25, -0.2) is 9.78 Å². The van der Waals surface area contributed by atoms with Crippen molar-refractivity contribution in [3.05, 3.63) is 35.8 Å². The van der Waals surface area contributed by atoms with Crippen LogP contribution in [0.15, 0.2) is 35.8 Å². The molecule has 2 amide bonds. The summed E-state index contributed by atoms with van der Waals surface area (Å²) in [6.07, 6.45) is 2.78. The van der Waals surface area contributed by atoms with Crippen molar-refractivity contribution in [3.8, 4) is 10.6 Å². The van der Waals surface area contributed by atoms with Gasteiger partial charge in [0, 0.05) is 35.9 Å². The molecule has 0 unspecified atom stereocenters. The molecule has 1 fully saturated rings. The van der Waals surface area contributed by atoms with E-state index in [-0.39, 0.29) is 6.03 Å². The summed E-state index contributed by atoms with van der Waals surface area (Å²) < 4.78 is 0. The topological polar surface area (TPSA) is 45.2 Å². The van der Waals surface area contributed by atoms with E-state index in [1.54, 1.807) is 22.4 Å². The van der Waals surface area contributed by atoms with E-state index >= 15 is 0 Å². The molecule has 4 nitrogen and oxygen atoms in total. The van der Waals surface area contributed by atoms with Crippen molar-refractivity contribution in [1.29, 1.82) is 0 Å². The zero-order chi connectivity index (χ0) is 12.4. The van der Waals surface area contributed by atoms with Crippen LogP contribution in [0.25, 0.3) is 10.6 Å². The normalized spacial score (nSPS) is 15.6. The third-order valence-corrected chi connectivity index (χ3v) is 3.76. The number of nitrogens with one attached hydrogen (secondary N) is 1. The fraction of sp³-hybridized carbons (Fsp3) is 0.231. The zero-order valence-electron chi connectivity index (χ0n) is 9.80. The highest BCUT2D eigenvalue weighted by Gasteiger charge is 2.18. The maximum atomic E-state index is 11.7. The number of hydrogen-bond acceptors (Lipinski definition) is 3. The predicted molar refractivity (Wildman–Crippen MR) is 72.9 cm³/mol. The molecule has 0 spiro atoms. The van der Waals surface area contributed by atoms with Crippen LogP contribution in [0.2, 0.25) is 0 Å². The lowest BCUT2D eigenvalue weighted by molar-refractivity contribution is 0.243. The summed E-state index contributed by atoms with van der Waals surface area (Å²) in [6.45, 7) is 1.55. The quantitative estimate of drug-likeness (QED) is 0.901. The van der Waals surface area contributed by atoms with Gasteiger partial charge in [-0.1, -0.05) is 0 Å². The maximum absolute atomic E-state index is 11.7. The first-order chi connectivity index (χ1) is 8.84. The number of hydrogen-bond donors (Lipinski definition) is 1. The van der Waals surface area contributed by atoms with E-state index in [2.05, 4.69) is 10.3 Å². The second kappa shape index (κ2) is 4.78. The van der Waals surface area contributed by atoms with Crippen LogP contribution >= 0.6 is 11.3 Å². The fourth-order valence-corrected chi connectivity index (χ4v) is 2.67. The Hall–Kier alpha value is -1.88. The molecule has 1 aliphatic rings. The second-order valence-electron chi connectivity index (χ2n) is 4.12. The van der Waals surface area contributed by atoms with Gasteiger partial charge in [0.1, 0.15) is 5.01 Å². The first kappa shape index (κ1) is 11.2. The lowest BCUT2D eigenvalue weighted by Gasteiger charge is -2.27. The molecular weight excluding hydrogens is 246 g/mol. The van der Waals surface area contributed by atoms with E-state index in [1.165, 1.54) is 0 Å². The van der Waals surface area contributed by atoms with Gasteiger partial charge in [0.15, 0.2) is 0 Å². The third-order valence-electron chi connectivity index (χ3n) is 2.94. The minimum atomic E-state index is -0.0109. The van der Waals surface area contributed by atoms with E-state index in [0.29, 0.717) is 0 Å². The minimum Gasteiger partial charge on any atom is -0.338 e. The number of aromatic nitrogens is 1. The molecular formula is C13H13N3OS. The van der Waals surface area contributed by atoms with Crippen LogP contribution in [0.1, 0.15) is 6.42 Å². The molecule has 2 heterocycles. The van der Waals surface area contributed by atoms with Crippen LogP contribution in [0.3, 0.4) is 0 Å². The first-order valence-electron chi connectivity index (χ1n) is 5.90. The highest BCUT2D eigenvalue weighted by atomic mass is 32.1. The summed E-state index contributed by atoms with van der Waals surface area (Å²) in [7, 11) is 0. The Balaban J connectivity index is 1.84. The van der Waals surface area contributed by atoms with Crippen LogP contribution in [-0.4, -0.2) is 24.1 Å². The van der Waals surface area contributed by atoms with Gasteiger partial charge in [0.2, 0.25) is 0 Å². The molecule has 1 saturated heterocycles. The van der Waals surface area contributed by atoms with Gasteiger partial charge in [0.05, 0.1) is 0 Å². The Morgan fingerprint density at radius 2 is 2.11 bits per heavy atom. The molecule has 1 N–H and O–H groups in total. The van der Waals surface area contributed by atoms with Crippen molar-refractivity contribution in [3.63, 3.8) is 0 Å². The Bertz CT molecular complexity index is 536. The molecule has 1 aromatic heterocycles. The molecule has 3 rings (SSSR count). The average Bonchev–Trinajstić information content (AvgIpc) is 2.94. The van der Waals surface area contributed by atoms with E-state index in [0.717, 1.165) is 35.8 Å². The smallest absolute Gasteiger partial charge is 0.321 e. The van der Waals surface area contributed by atoms with Crippen LogP contribution in [0.5, 0.6) is 0 Å². The molecule has 18 heavy (non-hydrogen) atoms. The van der Waals surface area contributed by atoms with Crippen LogP contribution in [0.4, 0.5) is 10.5 Å². The molecule has 0 radical (unpaired) electrons. The predicted octanol–water partition coefficient (Wildman–Crippen LogP) is 2.73. The van der Waals surface area contributed by atoms with Gasteiger partial charge in [-0.3, -0.25) is 4.90 Å². The van der Waals surface area contributed by atoms with E-state index in [4.69, 9.17) is 0 Å². The van der Waals surface area contributed by atoms with E-state index in [9.17, 15) is 4.79 Å². The number of anilines is 1. The van der Waals surface area contributed by atoms with Gasteiger partial charge >= 0.3 is 6.03 Å². The van der Waals surface area contributed by atoms with Crippen molar-refractivity contribution in [2.75, 3.05) is 18.0 Å². The SMILES string of the molecule is O=C1NCCCN1c1ccc(-c2nccs2)cc1. The van der Waals surface area contributed by atoms with Gasteiger partial charge in [0.25, 0.3) is 0 Å². The lowest BCUT2D eigenvalue weighted by Crippen LogP contribution is -2.46. The number of benzene rings is 1. The summed E-state index contributed by atoms with van der Waals surface area (Å²) in [4.78, 5) is 17.8. The zero-order valence-corrected chi connectivity index (χ0v) is 10.6. The summed E-state index contributed by atoms with van der Waals surface area (Å²) in [5, 5.41) is 5.81. The van der Waals surface area contributed by atoms with Crippen LogP contribution < -0.4 is 10.2 Å². The first-order valence-corrected chi connectivity index (χ1v) is 6.78. The van der Waals surface area contributed by atoms with Crippen molar-refractivity contribution < 1.29 is 4.79 Å². The summed E-state index contributed by atoms with van der Waals surface area (Å²) >= 11 is 1.61. The van der Waals surface area contributed by atoms with Crippen molar-refractivity contribution in [2.45, 2.75) is 6.42 Å². The molecule has 2 aromatic rings. The minimum absolute atomic E-state index is 0.0109. The Morgan fingerprint density at radius 1 is 1.28 bits per heavy atom. The Kier molecular flexibility index (Phi) is 2.98. The monoisotopic (exact) mass is 259 g/mol. The largest absolute Gasteiger partial charge is 0.338 e. The molecule has 92 valence electrons. The molecule has 0 bridgehead atoms. The molecule has 0 saturated carbocycles. The molecule has 1 aliphatic heterocycles. The lowest BCUT2D eigenvalue weighted by atomic mass is 10.2. The molecule has 1 aromatic carbocycles. The van der Waals surface area contributed by atoms with Gasteiger partial charge in [-0.15, -0.1) is 11.3 Å². The number of urea groups is 1. The number of nitrogens with zero attached hydrogens (tertiary/aromatic N) is 2. The van der Waals surface area contributed by atoms with Gasteiger partial charge in [-0.2, -0.15) is 0 Å². The highest BCUT2D eigenvalue weighted by molar-refractivity contribution is 7.13. The third kappa shape index (κ3) is 2.09. The molecule has 5 heteroatoms. The van der Waals surface area contributed by atoms with Gasteiger partial charge in [-0.05, 0) is 30.7 Å². The summed E-state index contributed by atoms with van der Waals surface area (Å²) in [6, 6.07) is 7.96. The number of carbonyl (C=O) groups is 1. The van der Waals surface area contributed by atoms with Crippen molar-refractivity contribution in [1.82, 2.24) is 10.3 Å². The Morgan fingerprint density at radius 3 is 2.78 bits per heavy atom. The summed E-state index contributed by atoms with van der Waals surface area (Å²) in [5.41, 5.74) is 2.03. The standard InChI is InChI=1S/C13H13N3OS/c17-13-15-6-1-8-16(13)11-4-2-10(3-5-11)12-14-7-9-18-12/h2-5,7,9H,1,6,8H2,(H,15,17). The number of rotatable bonds is 2. The average molecular weight is 259 g/mol. The Labute approximate surface area is 109 Å². The summed E-state index contributed by atoms with van der Waals surface area (Å²) in [5.74, 6) is 0.